The summed E-state index contributed by atoms with van der Waals surface area (Å²) in [6.45, 7) is 5.96. The fraction of sp³-hybridized carbons (Fsp3) is 0.462. The topological polar surface area (TPSA) is 63.2 Å². The van der Waals surface area contributed by atoms with E-state index >= 15 is 0 Å². The van der Waals surface area contributed by atoms with Gasteiger partial charge in [0.2, 0.25) is 0 Å². The second-order valence-corrected chi connectivity index (χ2v) is 7.76. The Kier molecular flexibility index (Phi) is 5.86. The molecule has 2 atom stereocenters. The van der Waals surface area contributed by atoms with Gasteiger partial charge in [-0.2, -0.15) is 0 Å². The van der Waals surface area contributed by atoms with Crippen LogP contribution in [0.5, 0.6) is 0 Å². The van der Waals surface area contributed by atoms with Crippen LogP contribution in [0.25, 0.3) is 0 Å². The van der Waals surface area contributed by atoms with Crippen molar-refractivity contribution in [2.45, 2.75) is 38.1 Å². The molecule has 0 aliphatic heterocycles. The van der Waals surface area contributed by atoms with E-state index in [1.54, 1.807) is 0 Å². The van der Waals surface area contributed by atoms with E-state index in [-0.39, 0.29) is 27.4 Å². The van der Waals surface area contributed by atoms with E-state index in [2.05, 4.69) is 5.32 Å². The molecule has 0 saturated carbocycles. The number of carbonyl (C=O) groups excluding carboxylic acids is 1. The van der Waals surface area contributed by atoms with E-state index in [0.717, 1.165) is 6.42 Å². The summed E-state index contributed by atoms with van der Waals surface area (Å²) in [4.78, 5) is 11.9. The summed E-state index contributed by atoms with van der Waals surface area (Å²) in [7, 11) is 1.34. The highest BCUT2D eigenvalue weighted by atomic mass is 35.7. The zero-order valence-corrected chi connectivity index (χ0v) is 13.8. The third-order valence-corrected chi connectivity index (χ3v) is 4.82. The molecule has 0 bridgehead atoms. The van der Waals surface area contributed by atoms with Crippen molar-refractivity contribution in [3.8, 4) is 0 Å². The summed E-state index contributed by atoms with van der Waals surface area (Å²) in [5.74, 6) is -0.0590. The quantitative estimate of drug-likeness (QED) is 0.837. The minimum absolute atomic E-state index is 0.0254. The highest BCUT2D eigenvalue weighted by molar-refractivity contribution is 8.13. The zero-order valence-electron chi connectivity index (χ0n) is 11.5. The first-order valence-electron chi connectivity index (χ1n) is 6.21. The molecule has 0 radical (unpaired) electrons. The molecule has 0 aromatic heterocycles. The lowest BCUT2D eigenvalue weighted by atomic mass is 10.0. The largest absolute Gasteiger partial charge is 0.349 e. The van der Waals surface area contributed by atoms with E-state index < -0.39 is 9.05 Å². The van der Waals surface area contributed by atoms with Crippen molar-refractivity contribution >= 4 is 37.2 Å². The number of halogens is 2. The Morgan fingerprint density at radius 2 is 1.90 bits per heavy atom. The molecule has 1 N–H and O–H groups in total. The molecule has 1 aromatic carbocycles. The Bertz CT molecular complexity index is 602. The van der Waals surface area contributed by atoms with Crippen molar-refractivity contribution in [3.05, 3.63) is 28.8 Å². The smallest absolute Gasteiger partial charge is 0.261 e. The fourth-order valence-corrected chi connectivity index (χ4v) is 2.72. The van der Waals surface area contributed by atoms with Gasteiger partial charge < -0.3 is 5.32 Å². The number of nitrogens with one attached hydrogen (secondary N) is 1. The van der Waals surface area contributed by atoms with Crippen LogP contribution in [0.2, 0.25) is 5.02 Å². The van der Waals surface area contributed by atoms with Crippen LogP contribution in [-0.4, -0.2) is 20.4 Å². The Morgan fingerprint density at radius 3 is 2.40 bits per heavy atom. The summed E-state index contributed by atoms with van der Waals surface area (Å²) < 4.78 is 22.6. The Morgan fingerprint density at radius 1 is 1.30 bits per heavy atom. The van der Waals surface area contributed by atoms with Crippen LogP contribution >= 0.6 is 22.3 Å². The van der Waals surface area contributed by atoms with E-state index in [4.69, 9.17) is 22.3 Å². The van der Waals surface area contributed by atoms with Gasteiger partial charge in [0.25, 0.3) is 15.0 Å². The van der Waals surface area contributed by atoms with E-state index in [1.807, 2.05) is 20.8 Å². The predicted molar refractivity (Wildman–Crippen MR) is 80.9 cm³/mol. The average Bonchev–Trinajstić information content (AvgIpc) is 2.35. The van der Waals surface area contributed by atoms with Crippen LogP contribution in [0.3, 0.4) is 0 Å². The maximum Gasteiger partial charge on any atom is 0.261 e. The Hall–Kier alpha value is -0.780. The number of carbonyl (C=O) groups is 1. The lowest BCUT2D eigenvalue weighted by Crippen LogP contribution is -2.36. The Balaban J connectivity index is 3.03. The standard InChI is InChI=1S/C13H17Cl2NO3S/c1-4-8(2)9(3)16-13(17)10-5-11(14)7-12(6-10)20(15,18)19/h5-9H,4H2,1-3H3,(H,16,17). The molecular weight excluding hydrogens is 321 g/mol. The lowest BCUT2D eigenvalue weighted by Gasteiger charge is -2.20. The first-order valence-corrected chi connectivity index (χ1v) is 8.90. The number of hydrogen-bond acceptors (Lipinski definition) is 3. The van der Waals surface area contributed by atoms with Gasteiger partial charge in [0, 0.05) is 27.3 Å². The molecule has 4 nitrogen and oxygen atoms in total. The van der Waals surface area contributed by atoms with Crippen LogP contribution < -0.4 is 5.32 Å². The van der Waals surface area contributed by atoms with E-state index in [0.29, 0.717) is 5.92 Å². The molecule has 0 fully saturated rings. The first-order chi connectivity index (χ1) is 9.15. The van der Waals surface area contributed by atoms with Crippen LogP contribution in [0.15, 0.2) is 23.1 Å². The Labute approximate surface area is 128 Å². The van der Waals surface area contributed by atoms with Gasteiger partial charge in [-0.25, -0.2) is 8.42 Å². The number of benzene rings is 1. The fourth-order valence-electron chi connectivity index (χ4n) is 1.62. The van der Waals surface area contributed by atoms with Gasteiger partial charge in [0.05, 0.1) is 4.90 Å². The number of rotatable bonds is 5. The molecule has 112 valence electrons. The minimum atomic E-state index is -3.92. The predicted octanol–water partition coefficient (Wildman–Crippen LogP) is 3.43. The number of amides is 1. The molecule has 1 rings (SSSR count). The third kappa shape index (κ3) is 4.65. The van der Waals surface area contributed by atoms with Crippen molar-refractivity contribution in [3.63, 3.8) is 0 Å². The SMILES string of the molecule is CCC(C)C(C)NC(=O)c1cc(Cl)cc(S(=O)(=O)Cl)c1. The van der Waals surface area contributed by atoms with E-state index in [1.165, 1.54) is 18.2 Å². The molecule has 7 heteroatoms. The molecule has 1 amide bonds. The second-order valence-electron chi connectivity index (χ2n) is 4.76. The van der Waals surface area contributed by atoms with Gasteiger partial charge in [-0.1, -0.05) is 31.9 Å². The molecular formula is C13H17Cl2NO3S. The van der Waals surface area contributed by atoms with Crippen LogP contribution in [-0.2, 0) is 9.05 Å². The molecule has 2 unspecified atom stereocenters. The van der Waals surface area contributed by atoms with Gasteiger partial charge >= 0.3 is 0 Å². The molecule has 20 heavy (non-hydrogen) atoms. The van der Waals surface area contributed by atoms with Gasteiger partial charge in [-0.3, -0.25) is 4.79 Å². The van der Waals surface area contributed by atoms with Crippen LogP contribution in [0.4, 0.5) is 0 Å². The van der Waals surface area contributed by atoms with Crippen molar-refractivity contribution in [1.82, 2.24) is 5.32 Å². The van der Waals surface area contributed by atoms with Gasteiger partial charge in [-0.05, 0) is 31.0 Å². The summed E-state index contributed by atoms with van der Waals surface area (Å²) in [6.07, 6.45) is 0.929. The van der Waals surface area contributed by atoms with Crippen molar-refractivity contribution < 1.29 is 13.2 Å². The number of hydrogen-bond donors (Lipinski definition) is 1. The van der Waals surface area contributed by atoms with E-state index in [9.17, 15) is 13.2 Å². The van der Waals surface area contributed by atoms with Gasteiger partial charge in [0.1, 0.15) is 0 Å². The molecule has 0 heterocycles. The first kappa shape index (κ1) is 17.3. The maximum atomic E-state index is 12.1. The summed E-state index contributed by atoms with van der Waals surface area (Å²) in [5.41, 5.74) is 0.173. The highest BCUT2D eigenvalue weighted by Crippen LogP contribution is 2.22. The van der Waals surface area contributed by atoms with Gasteiger partial charge in [-0.15, -0.1) is 0 Å². The monoisotopic (exact) mass is 337 g/mol. The van der Waals surface area contributed by atoms with Gasteiger partial charge in [0.15, 0.2) is 0 Å². The normalized spacial score (nSPS) is 14.7. The maximum absolute atomic E-state index is 12.1. The van der Waals surface area contributed by atoms with Crippen molar-refractivity contribution in [2.24, 2.45) is 5.92 Å². The lowest BCUT2D eigenvalue weighted by molar-refractivity contribution is 0.0928. The summed E-state index contributed by atoms with van der Waals surface area (Å²) >= 11 is 5.82. The molecule has 0 spiro atoms. The minimum Gasteiger partial charge on any atom is -0.349 e. The van der Waals surface area contributed by atoms with Crippen molar-refractivity contribution in [2.75, 3.05) is 0 Å². The average molecular weight is 338 g/mol. The molecule has 0 aliphatic carbocycles. The summed E-state index contributed by atoms with van der Waals surface area (Å²) in [6, 6.07) is 3.81. The molecule has 0 saturated heterocycles. The molecule has 0 aliphatic rings. The third-order valence-electron chi connectivity index (χ3n) is 3.27. The van der Waals surface area contributed by atoms with Crippen LogP contribution in [0, 0.1) is 5.92 Å². The summed E-state index contributed by atoms with van der Waals surface area (Å²) in [5, 5.41) is 2.96. The van der Waals surface area contributed by atoms with Crippen molar-refractivity contribution in [1.29, 1.82) is 0 Å². The second kappa shape index (κ2) is 6.78. The van der Waals surface area contributed by atoms with Crippen LogP contribution in [0.1, 0.15) is 37.6 Å². The highest BCUT2D eigenvalue weighted by Gasteiger charge is 2.18. The molecule has 1 aromatic rings. The zero-order chi connectivity index (χ0) is 15.5.